The maximum atomic E-state index is 13.2. The third-order valence-electron chi connectivity index (χ3n) is 2.39. The summed E-state index contributed by atoms with van der Waals surface area (Å²) < 4.78 is 26.4. The lowest BCUT2D eigenvalue weighted by Gasteiger charge is -2.13. The van der Waals surface area contributed by atoms with Crippen molar-refractivity contribution in [1.82, 2.24) is 5.32 Å². The Bertz CT molecular complexity index is 306. The zero-order chi connectivity index (χ0) is 9.26. The molecule has 1 N–H and O–H groups in total. The molecule has 1 aromatic rings. The van der Waals surface area contributed by atoms with Crippen LogP contribution in [0.25, 0.3) is 0 Å². The zero-order valence-electron chi connectivity index (χ0n) is 7.54. The van der Waals surface area contributed by atoms with Crippen LogP contribution in [0.2, 0.25) is 0 Å². The molecule has 2 unspecified atom stereocenters. The van der Waals surface area contributed by atoms with Gasteiger partial charge in [-0.3, -0.25) is 0 Å². The summed E-state index contributed by atoms with van der Waals surface area (Å²) in [5, 5.41) is 2.95. The molecular weight excluding hydrogens is 208 g/mol. The summed E-state index contributed by atoms with van der Waals surface area (Å²) in [6.45, 7) is 0.625. The van der Waals surface area contributed by atoms with Crippen molar-refractivity contribution < 1.29 is 8.78 Å². The van der Waals surface area contributed by atoms with Crippen molar-refractivity contribution in [3.63, 3.8) is 0 Å². The second-order valence-electron chi connectivity index (χ2n) is 3.26. The molecule has 4 heteroatoms. The van der Waals surface area contributed by atoms with Gasteiger partial charge < -0.3 is 5.32 Å². The van der Waals surface area contributed by atoms with Gasteiger partial charge in [-0.15, -0.1) is 12.4 Å². The summed E-state index contributed by atoms with van der Waals surface area (Å²) in [6.07, 6.45) is -0.490. The highest BCUT2D eigenvalue weighted by atomic mass is 35.5. The van der Waals surface area contributed by atoms with Gasteiger partial charge in [-0.1, -0.05) is 18.2 Å². The normalized spacial score (nSPS) is 25.9. The average Bonchev–Trinajstić information content (AvgIpc) is 2.52. The lowest BCUT2D eigenvalue weighted by Crippen LogP contribution is -2.19. The first kappa shape index (κ1) is 11.4. The van der Waals surface area contributed by atoms with Crippen LogP contribution in [0, 0.1) is 5.82 Å². The number of rotatable bonds is 1. The number of hydrogen-bond donors (Lipinski definition) is 1. The Labute approximate surface area is 87.9 Å². The smallest absolute Gasteiger partial charge is 0.128 e. The van der Waals surface area contributed by atoms with Gasteiger partial charge in [0.1, 0.15) is 12.0 Å². The van der Waals surface area contributed by atoms with E-state index in [4.69, 9.17) is 0 Å². The molecule has 1 aliphatic rings. The summed E-state index contributed by atoms with van der Waals surface area (Å²) in [5.41, 5.74) is 0.438. The SMILES string of the molecule is Cl.Fc1ccccc1C1NCCC1F. The van der Waals surface area contributed by atoms with E-state index >= 15 is 0 Å². The lowest BCUT2D eigenvalue weighted by atomic mass is 10.0. The van der Waals surface area contributed by atoms with E-state index in [0.29, 0.717) is 18.5 Å². The molecule has 1 aliphatic heterocycles. The number of hydrogen-bond acceptors (Lipinski definition) is 1. The van der Waals surface area contributed by atoms with Crippen LogP contribution in [-0.2, 0) is 0 Å². The van der Waals surface area contributed by atoms with Crippen molar-refractivity contribution in [2.24, 2.45) is 0 Å². The van der Waals surface area contributed by atoms with Crippen molar-refractivity contribution in [3.05, 3.63) is 35.6 Å². The van der Waals surface area contributed by atoms with Gasteiger partial charge in [-0.25, -0.2) is 8.78 Å². The highest BCUT2D eigenvalue weighted by Crippen LogP contribution is 2.27. The summed E-state index contributed by atoms with van der Waals surface area (Å²) in [7, 11) is 0. The molecule has 0 radical (unpaired) electrons. The molecule has 2 rings (SSSR count). The van der Waals surface area contributed by atoms with Gasteiger partial charge in [0.15, 0.2) is 0 Å². The standard InChI is InChI=1S/C10H11F2N.ClH/c11-8-4-2-1-3-7(8)10-9(12)5-6-13-10;/h1-4,9-10,13H,5-6H2;1H. The molecule has 0 aromatic heterocycles. The predicted molar refractivity (Wildman–Crippen MR) is 53.9 cm³/mol. The van der Waals surface area contributed by atoms with Gasteiger partial charge in [0.2, 0.25) is 0 Å². The molecule has 2 atom stereocenters. The molecule has 1 aromatic carbocycles. The summed E-state index contributed by atoms with van der Waals surface area (Å²) >= 11 is 0. The number of nitrogens with one attached hydrogen (secondary N) is 1. The van der Waals surface area contributed by atoms with E-state index < -0.39 is 12.2 Å². The van der Waals surface area contributed by atoms with Crippen LogP contribution in [0.3, 0.4) is 0 Å². The van der Waals surface area contributed by atoms with Crippen molar-refractivity contribution >= 4 is 12.4 Å². The fourth-order valence-corrected chi connectivity index (χ4v) is 1.70. The van der Waals surface area contributed by atoms with E-state index in [1.165, 1.54) is 6.07 Å². The third kappa shape index (κ3) is 2.04. The molecule has 0 spiro atoms. The predicted octanol–water partition coefficient (Wildman–Crippen LogP) is 2.62. The minimum absolute atomic E-state index is 0. The van der Waals surface area contributed by atoms with Crippen molar-refractivity contribution in [3.8, 4) is 0 Å². The monoisotopic (exact) mass is 219 g/mol. The number of halogens is 3. The minimum Gasteiger partial charge on any atom is -0.307 e. The van der Waals surface area contributed by atoms with Gasteiger partial charge >= 0.3 is 0 Å². The number of benzene rings is 1. The van der Waals surface area contributed by atoms with Crippen LogP contribution < -0.4 is 5.32 Å². The highest BCUT2D eigenvalue weighted by molar-refractivity contribution is 5.85. The first-order valence-electron chi connectivity index (χ1n) is 4.41. The summed E-state index contributed by atoms with van der Waals surface area (Å²) in [5.74, 6) is -0.329. The lowest BCUT2D eigenvalue weighted by molar-refractivity contribution is 0.300. The molecule has 0 aliphatic carbocycles. The zero-order valence-corrected chi connectivity index (χ0v) is 8.36. The molecular formula is C10H12ClF2N. The third-order valence-corrected chi connectivity index (χ3v) is 2.39. The Morgan fingerprint density at radius 1 is 1.29 bits per heavy atom. The van der Waals surface area contributed by atoms with E-state index in [2.05, 4.69) is 5.32 Å². The largest absolute Gasteiger partial charge is 0.307 e. The summed E-state index contributed by atoms with van der Waals surface area (Å²) in [6, 6.07) is 5.88. The quantitative estimate of drug-likeness (QED) is 0.766. The second kappa shape index (κ2) is 4.71. The van der Waals surface area contributed by atoms with Gasteiger partial charge in [-0.2, -0.15) is 0 Å². The molecule has 0 bridgehead atoms. The molecule has 1 nitrogen and oxygen atoms in total. The van der Waals surface area contributed by atoms with Crippen molar-refractivity contribution in [1.29, 1.82) is 0 Å². The molecule has 0 amide bonds. The maximum absolute atomic E-state index is 13.2. The Morgan fingerprint density at radius 3 is 2.57 bits per heavy atom. The number of alkyl halides is 1. The Hall–Kier alpha value is -0.670. The van der Waals surface area contributed by atoms with E-state index in [9.17, 15) is 8.78 Å². The highest BCUT2D eigenvalue weighted by Gasteiger charge is 2.29. The maximum Gasteiger partial charge on any atom is 0.128 e. The average molecular weight is 220 g/mol. The topological polar surface area (TPSA) is 12.0 Å². The molecule has 1 heterocycles. The first-order chi connectivity index (χ1) is 6.29. The second-order valence-corrected chi connectivity index (χ2v) is 3.26. The van der Waals surface area contributed by atoms with Crippen LogP contribution >= 0.6 is 12.4 Å². The van der Waals surface area contributed by atoms with E-state index in [1.807, 2.05) is 0 Å². The minimum atomic E-state index is -0.961. The van der Waals surface area contributed by atoms with Crippen LogP contribution in [0.4, 0.5) is 8.78 Å². The fourth-order valence-electron chi connectivity index (χ4n) is 1.70. The van der Waals surface area contributed by atoms with E-state index in [-0.39, 0.29) is 18.2 Å². The Morgan fingerprint density at radius 2 is 2.00 bits per heavy atom. The molecule has 1 fully saturated rings. The van der Waals surface area contributed by atoms with Gasteiger partial charge in [-0.05, 0) is 19.0 Å². The molecule has 1 saturated heterocycles. The van der Waals surface area contributed by atoms with Gasteiger partial charge in [0.05, 0.1) is 6.04 Å². The van der Waals surface area contributed by atoms with Crippen LogP contribution in [-0.4, -0.2) is 12.7 Å². The fraction of sp³-hybridized carbons (Fsp3) is 0.400. The van der Waals surface area contributed by atoms with Gasteiger partial charge in [0, 0.05) is 5.56 Å². The van der Waals surface area contributed by atoms with Crippen LogP contribution in [0.15, 0.2) is 24.3 Å². The first-order valence-corrected chi connectivity index (χ1v) is 4.41. The van der Waals surface area contributed by atoms with Gasteiger partial charge in [0.25, 0.3) is 0 Å². The van der Waals surface area contributed by atoms with E-state index in [1.54, 1.807) is 18.2 Å². The molecule has 78 valence electrons. The van der Waals surface area contributed by atoms with Crippen LogP contribution in [0.1, 0.15) is 18.0 Å². The summed E-state index contributed by atoms with van der Waals surface area (Å²) in [4.78, 5) is 0. The van der Waals surface area contributed by atoms with E-state index in [0.717, 1.165) is 0 Å². The van der Waals surface area contributed by atoms with Crippen LogP contribution in [0.5, 0.6) is 0 Å². The van der Waals surface area contributed by atoms with Crippen molar-refractivity contribution in [2.45, 2.75) is 18.6 Å². The Balaban J connectivity index is 0.000000980. The Kier molecular flexibility index (Phi) is 3.84. The molecule has 14 heavy (non-hydrogen) atoms. The van der Waals surface area contributed by atoms with Crippen molar-refractivity contribution in [2.75, 3.05) is 6.54 Å². The molecule has 0 saturated carbocycles.